The topological polar surface area (TPSA) is 128 Å². The Morgan fingerprint density at radius 1 is 0.871 bits per heavy atom. The van der Waals surface area contributed by atoms with Gasteiger partial charge >= 0.3 is 0 Å². The molecule has 0 saturated heterocycles. The number of amides is 1. The van der Waals surface area contributed by atoms with Crippen LogP contribution in [0.4, 0.5) is 10.8 Å². The van der Waals surface area contributed by atoms with Gasteiger partial charge in [0.15, 0.2) is 5.13 Å². The van der Waals surface area contributed by atoms with Crippen molar-refractivity contribution in [2.75, 3.05) is 11.1 Å². The molecule has 0 aliphatic heterocycles. The highest BCUT2D eigenvalue weighted by Crippen LogP contribution is 2.34. The van der Waals surface area contributed by atoms with Crippen molar-refractivity contribution < 1.29 is 13.2 Å². The Bertz CT molecular complexity index is 1370. The molecule has 0 atom stereocenters. The van der Waals surface area contributed by atoms with Gasteiger partial charge in [-0.3, -0.25) is 4.79 Å². The van der Waals surface area contributed by atoms with Crippen molar-refractivity contribution in [1.82, 2.24) is 4.98 Å². The fourth-order valence-corrected chi connectivity index (χ4v) is 4.73. The second kappa shape index (κ2) is 8.31. The summed E-state index contributed by atoms with van der Waals surface area (Å²) in [5, 5.41) is 8.53. The Kier molecular flexibility index (Phi) is 5.55. The van der Waals surface area contributed by atoms with E-state index in [0.29, 0.717) is 27.4 Å². The van der Waals surface area contributed by atoms with Gasteiger partial charge in [-0.15, -0.1) is 0 Å². The summed E-state index contributed by atoms with van der Waals surface area (Å²) in [6, 6.07) is 22.6. The van der Waals surface area contributed by atoms with Crippen LogP contribution >= 0.6 is 11.3 Å². The molecule has 4 aromatic rings. The van der Waals surface area contributed by atoms with E-state index in [4.69, 9.17) is 10.9 Å². The minimum Gasteiger partial charge on any atom is -0.375 e. The number of nitrogen functional groups attached to an aromatic ring is 1. The van der Waals surface area contributed by atoms with Crippen LogP contribution in [0.1, 0.15) is 9.67 Å². The summed E-state index contributed by atoms with van der Waals surface area (Å²) in [5.74, 6) is -0.395. The number of aromatic nitrogens is 1. The van der Waals surface area contributed by atoms with Crippen LogP contribution in [0.15, 0.2) is 83.8 Å². The number of carbonyl (C=O) groups is 1. The normalized spacial score (nSPS) is 11.3. The largest absolute Gasteiger partial charge is 0.375 e. The molecule has 7 nitrogen and oxygen atoms in total. The summed E-state index contributed by atoms with van der Waals surface area (Å²) >= 11 is 1.08. The molecule has 1 heterocycles. The van der Waals surface area contributed by atoms with Crippen LogP contribution in [-0.4, -0.2) is 19.3 Å². The van der Waals surface area contributed by atoms with Crippen molar-refractivity contribution in [3.8, 4) is 22.4 Å². The summed E-state index contributed by atoms with van der Waals surface area (Å²) in [5.41, 5.74) is 8.51. The predicted molar refractivity (Wildman–Crippen MR) is 123 cm³/mol. The van der Waals surface area contributed by atoms with E-state index < -0.39 is 15.9 Å². The lowest BCUT2D eigenvalue weighted by Gasteiger charge is -2.14. The van der Waals surface area contributed by atoms with Crippen LogP contribution in [0.25, 0.3) is 22.4 Å². The van der Waals surface area contributed by atoms with Crippen LogP contribution in [-0.2, 0) is 10.0 Å². The first-order valence-corrected chi connectivity index (χ1v) is 11.5. The molecule has 0 fully saturated rings. The van der Waals surface area contributed by atoms with Gasteiger partial charge in [0.1, 0.15) is 4.88 Å². The van der Waals surface area contributed by atoms with Crippen LogP contribution in [0.5, 0.6) is 0 Å². The molecule has 3 aromatic carbocycles. The van der Waals surface area contributed by atoms with Gasteiger partial charge in [-0.1, -0.05) is 78.1 Å². The van der Waals surface area contributed by atoms with E-state index in [1.54, 1.807) is 42.5 Å². The molecule has 0 aliphatic rings. The van der Waals surface area contributed by atoms with E-state index in [0.717, 1.165) is 16.9 Å². The number of carbonyl (C=O) groups excluding carboxylic acids is 1. The third-order valence-corrected chi connectivity index (χ3v) is 6.41. The summed E-state index contributed by atoms with van der Waals surface area (Å²) in [4.78, 5) is 17.8. The number of nitrogens with two attached hydrogens (primary N) is 2. The summed E-state index contributed by atoms with van der Waals surface area (Å²) in [6.07, 6.45) is 0. The van der Waals surface area contributed by atoms with Crippen molar-refractivity contribution >= 4 is 38.1 Å². The van der Waals surface area contributed by atoms with E-state index >= 15 is 0 Å². The maximum absolute atomic E-state index is 13.1. The number of primary sulfonamides is 1. The number of para-hydroxylation sites is 1. The van der Waals surface area contributed by atoms with Gasteiger partial charge in [0.25, 0.3) is 5.91 Å². The minimum absolute atomic E-state index is 0.0243. The maximum atomic E-state index is 13.1. The second-order valence-corrected chi connectivity index (χ2v) is 9.20. The molecule has 0 bridgehead atoms. The lowest BCUT2D eigenvalue weighted by molar-refractivity contribution is 0.103. The van der Waals surface area contributed by atoms with E-state index in [2.05, 4.69) is 10.3 Å². The lowest BCUT2D eigenvalue weighted by Crippen LogP contribution is -2.15. The van der Waals surface area contributed by atoms with Gasteiger partial charge in [0, 0.05) is 22.4 Å². The second-order valence-electron chi connectivity index (χ2n) is 6.64. The standard InChI is InChI=1S/C22H18N4O3S2/c23-22-26-19(14-8-2-1-3-9-14)20(30-22)21(27)25-17-12-6-4-10-15(17)16-11-5-7-13-18(16)31(24,28)29/h1-13H,(H2,23,26)(H,25,27)(H2,24,28,29). The number of rotatable bonds is 5. The SMILES string of the molecule is Nc1nc(-c2ccccc2)c(C(=O)Nc2ccccc2-c2ccccc2S(N)(=O)=O)s1. The first kappa shape index (κ1) is 20.7. The molecule has 1 amide bonds. The first-order chi connectivity index (χ1) is 14.8. The number of hydrogen-bond acceptors (Lipinski definition) is 6. The van der Waals surface area contributed by atoms with Gasteiger partial charge in [-0.05, 0) is 12.1 Å². The van der Waals surface area contributed by atoms with Crippen molar-refractivity contribution in [2.45, 2.75) is 4.90 Å². The highest BCUT2D eigenvalue weighted by atomic mass is 32.2. The summed E-state index contributed by atoms with van der Waals surface area (Å²) in [7, 11) is -3.96. The molecule has 4 rings (SSSR count). The van der Waals surface area contributed by atoms with Crippen LogP contribution in [0.3, 0.4) is 0 Å². The van der Waals surface area contributed by atoms with Crippen LogP contribution in [0.2, 0.25) is 0 Å². The van der Waals surface area contributed by atoms with Gasteiger partial charge in [-0.25, -0.2) is 18.5 Å². The van der Waals surface area contributed by atoms with Crippen molar-refractivity contribution in [2.24, 2.45) is 5.14 Å². The van der Waals surface area contributed by atoms with Crippen LogP contribution < -0.4 is 16.2 Å². The molecule has 5 N–H and O–H groups in total. The van der Waals surface area contributed by atoms with E-state index in [9.17, 15) is 13.2 Å². The van der Waals surface area contributed by atoms with E-state index in [-0.39, 0.29) is 10.0 Å². The number of thiazole rings is 1. The third kappa shape index (κ3) is 4.33. The number of nitrogens with one attached hydrogen (secondary N) is 1. The Balaban J connectivity index is 1.75. The fraction of sp³-hybridized carbons (Fsp3) is 0. The number of anilines is 2. The fourth-order valence-electron chi connectivity index (χ4n) is 3.23. The molecular formula is C22H18N4O3S2. The molecule has 1 aromatic heterocycles. The third-order valence-electron chi connectivity index (χ3n) is 4.56. The van der Waals surface area contributed by atoms with Crippen LogP contribution in [0, 0.1) is 0 Å². The Morgan fingerprint density at radius 2 is 1.48 bits per heavy atom. The molecule has 0 aliphatic carbocycles. The average Bonchev–Trinajstić information content (AvgIpc) is 3.16. The maximum Gasteiger partial charge on any atom is 0.268 e. The zero-order valence-corrected chi connectivity index (χ0v) is 17.8. The highest BCUT2D eigenvalue weighted by molar-refractivity contribution is 7.89. The number of nitrogens with zero attached hydrogens (tertiary/aromatic N) is 1. The van der Waals surface area contributed by atoms with Gasteiger partial charge < -0.3 is 11.1 Å². The van der Waals surface area contributed by atoms with Gasteiger partial charge in [0.05, 0.1) is 10.6 Å². The quantitative estimate of drug-likeness (QED) is 0.424. The Labute approximate surface area is 183 Å². The minimum atomic E-state index is -3.96. The van der Waals surface area contributed by atoms with E-state index in [1.165, 1.54) is 6.07 Å². The highest BCUT2D eigenvalue weighted by Gasteiger charge is 2.21. The zero-order valence-electron chi connectivity index (χ0n) is 16.1. The van der Waals surface area contributed by atoms with Crippen molar-refractivity contribution in [3.05, 3.63) is 83.7 Å². The monoisotopic (exact) mass is 450 g/mol. The predicted octanol–water partition coefficient (Wildman–Crippen LogP) is 3.96. The molecule has 156 valence electrons. The number of sulfonamides is 1. The average molecular weight is 451 g/mol. The Hall–Kier alpha value is -3.53. The number of hydrogen-bond donors (Lipinski definition) is 3. The van der Waals surface area contributed by atoms with Crippen molar-refractivity contribution in [3.63, 3.8) is 0 Å². The molecule has 31 heavy (non-hydrogen) atoms. The summed E-state index contributed by atoms with van der Waals surface area (Å²) in [6.45, 7) is 0. The lowest BCUT2D eigenvalue weighted by atomic mass is 10.0. The first-order valence-electron chi connectivity index (χ1n) is 9.19. The Morgan fingerprint density at radius 3 is 2.19 bits per heavy atom. The molecular weight excluding hydrogens is 432 g/mol. The van der Waals surface area contributed by atoms with Crippen molar-refractivity contribution in [1.29, 1.82) is 0 Å². The molecule has 0 spiro atoms. The molecule has 0 radical (unpaired) electrons. The molecule has 0 saturated carbocycles. The van der Waals surface area contributed by atoms with Gasteiger partial charge in [0.2, 0.25) is 10.0 Å². The zero-order chi connectivity index (χ0) is 22.0. The molecule has 0 unspecified atom stereocenters. The van der Waals surface area contributed by atoms with Gasteiger partial charge in [-0.2, -0.15) is 0 Å². The number of benzene rings is 3. The smallest absolute Gasteiger partial charge is 0.268 e. The summed E-state index contributed by atoms with van der Waals surface area (Å²) < 4.78 is 24.1. The molecule has 9 heteroatoms. The van der Waals surface area contributed by atoms with E-state index in [1.807, 2.05) is 30.3 Å².